The van der Waals surface area contributed by atoms with Gasteiger partial charge in [0.1, 0.15) is 0 Å². The van der Waals surface area contributed by atoms with Crippen LogP contribution in [0.4, 0.5) is 0 Å². The van der Waals surface area contributed by atoms with Crippen molar-refractivity contribution in [2.75, 3.05) is 39.4 Å². The van der Waals surface area contributed by atoms with Gasteiger partial charge >= 0.3 is 0 Å². The highest BCUT2D eigenvalue weighted by Crippen LogP contribution is 2.25. The summed E-state index contributed by atoms with van der Waals surface area (Å²) in [5.74, 6) is -0.0219. The van der Waals surface area contributed by atoms with E-state index >= 15 is 0 Å². The second-order valence-corrected chi connectivity index (χ2v) is 6.75. The van der Waals surface area contributed by atoms with Gasteiger partial charge in [0.2, 0.25) is 5.91 Å². The molecule has 7 heteroatoms. The van der Waals surface area contributed by atoms with E-state index in [-0.39, 0.29) is 18.0 Å². The van der Waals surface area contributed by atoms with Crippen LogP contribution in [0.2, 0.25) is 0 Å². The topological polar surface area (TPSA) is 73.8 Å². The molecule has 1 aromatic rings. The maximum Gasteiger partial charge on any atom is 0.237 e. The third-order valence-electron chi connectivity index (χ3n) is 4.25. The Morgan fingerprint density at radius 2 is 2.36 bits per heavy atom. The van der Waals surface area contributed by atoms with Gasteiger partial charge in [0, 0.05) is 31.1 Å². The molecule has 3 atom stereocenters. The fraction of sp³-hybridized carbons (Fsp3) is 0.667. The van der Waals surface area contributed by atoms with E-state index in [0.29, 0.717) is 19.5 Å². The van der Waals surface area contributed by atoms with Crippen LogP contribution in [0, 0.1) is 0 Å². The Labute approximate surface area is 134 Å². The number of nitrogens with one attached hydrogen (secondary N) is 2. The molecule has 2 aliphatic rings. The average Bonchev–Trinajstić information content (AvgIpc) is 3.20. The van der Waals surface area contributed by atoms with Crippen LogP contribution >= 0.6 is 11.3 Å². The molecule has 0 aliphatic carbocycles. The first-order valence-corrected chi connectivity index (χ1v) is 8.66. The van der Waals surface area contributed by atoms with Crippen LogP contribution in [0.1, 0.15) is 17.3 Å². The summed E-state index contributed by atoms with van der Waals surface area (Å²) in [4.78, 5) is 15.9. The lowest BCUT2D eigenvalue weighted by molar-refractivity contribution is -0.123. The second kappa shape index (κ2) is 7.52. The molecule has 1 aromatic heterocycles. The van der Waals surface area contributed by atoms with Gasteiger partial charge in [-0.15, -0.1) is 11.3 Å². The van der Waals surface area contributed by atoms with Crippen molar-refractivity contribution in [3.05, 3.63) is 22.4 Å². The molecule has 122 valence electrons. The normalized spacial score (nSPS) is 27.7. The van der Waals surface area contributed by atoms with E-state index < -0.39 is 6.10 Å². The monoisotopic (exact) mass is 325 g/mol. The first kappa shape index (κ1) is 15.9. The summed E-state index contributed by atoms with van der Waals surface area (Å²) in [5, 5.41) is 17.7. The zero-order valence-corrected chi connectivity index (χ0v) is 13.3. The van der Waals surface area contributed by atoms with E-state index in [1.54, 1.807) is 11.3 Å². The molecule has 2 aliphatic heterocycles. The summed E-state index contributed by atoms with van der Waals surface area (Å²) >= 11 is 1.72. The smallest absolute Gasteiger partial charge is 0.237 e. The van der Waals surface area contributed by atoms with Crippen molar-refractivity contribution in [1.82, 2.24) is 15.5 Å². The number of hydrogen-bond acceptors (Lipinski definition) is 6. The Morgan fingerprint density at radius 3 is 3.00 bits per heavy atom. The van der Waals surface area contributed by atoms with Crippen molar-refractivity contribution >= 4 is 17.2 Å². The van der Waals surface area contributed by atoms with Gasteiger partial charge in [-0.1, -0.05) is 6.07 Å². The number of carbonyl (C=O) groups excluding carboxylic acids is 1. The number of aliphatic hydroxyl groups excluding tert-OH is 1. The van der Waals surface area contributed by atoms with E-state index in [0.717, 1.165) is 26.3 Å². The lowest BCUT2D eigenvalue weighted by Crippen LogP contribution is -2.46. The molecule has 6 nitrogen and oxygen atoms in total. The zero-order valence-electron chi connectivity index (χ0n) is 12.5. The Hall–Kier alpha value is -0.990. The highest BCUT2D eigenvalue weighted by atomic mass is 32.1. The summed E-state index contributed by atoms with van der Waals surface area (Å²) in [6.07, 6.45) is 0.0793. The van der Waals surface area contributed by atoms with Crippen LogP contribution in [-0.2, 0) is 9.53 Å². The predicted molar refractivity (Wildman–Crippen MR) is 84.9 cm³/mol. The number of carbonyl (C=O) groups is 1. The Balaban J connectivity index is 1.59. The molecule has 0 radical (unpaired) electrons. The number of rotatable bonds is 5. The van der Waals surface area contributed by atoms with Crippen molar-refractivity contribution in [2.24, 2.45) is 0 Å². The van der Waals surface area contributed by atoms with Crippen LogP contribution < -0.4 is 10.6 Å². The predicted octanol–water partition coefficient (Wildman–Crippen LogP) is -0.0396. The molecule has 3 N–H and O–H groups in total. The number of hydrogen-bond donors (Lipinski definition) is 3. The maximum atomic E-state index is 12.2. The SMILES string of the molecule is O=C(NC[C@H](c1cccs1)N1CCOCC1)[C@@H]1C[C@H](O)CN1. The van der Waals surface area contributed by atoms with Crippen LogP contribution in [0.15, 0.2) is 17.5 Å². The zero-order chi connectivity index (χ0) is 15.4. The van der Waals surface area contributed by atoms with Gasteiger partial charge in [0.25, 0.3) is 0 Å². The number of nitrogens with zero attached hydrogens (tertiary/aromatic N) is 1. The number of amides is 1. The average molecular weight is 325 g/mol. The van der Waals surface area contributed by atoms with E-state index in [2.05, 4.69) is 27.0 Å². The molecular weight excluding hydrogens is 302 g/mol. The number of ether oxygens (including phenoxy) is 1. The molecule has 2 fully saturated rings. The van der Waals surface area contributed by atoms with Crippen molar-refractivity contribution in [1.29, 1.82) is 0 Å². The third kappa shape index (κ3) is 3.85. The summed E-state index contributed by atoms with van der Waals surface area (Å²) in [7, 11) is 0. The number of thiophene rings is 1. The standard InChI is InChI=1S/C15H23N3O3S/c19-11-8-12(16-9-11)15(20)17-10-13(14-2-1-7-22-14)18-3-5-21-6-4-18/h1-2,7,11-13,16,19H,3-6,8-10H2,(H,17,20)/t11-,12-,13+/m0/s1. The van der Waals surface area contributed by atoms with Gasteiger partial charge in [-0.25, -0.2) is 0 Å². The molecule has 3 rings (SSSR count). The number of aliphatic hydroxyl groups is 1. The number of morpholine rings is 1. The Bertz CT molecular complexity index is 476. The van der Waals surface area contributed by atoms with Gasteiger partial charge in [-0.2, -0.15) is 0 Å². The van der Waals surface area contributed by atoms with Crippen molar-refractivity contribution in [3.63, 3.8) is 0 Å². The third-order valence-corrected chi connectivity index (χ3v) is 5.23. The molecular formula is C15H23N3O3S. The molecule has 2 saturated heterocycles. The first-order chi connectivity index (χ1) is 10.7. The highest BCUT2D eigenvalue weighted by molar-refractivity contribution is 7.10. The van der Waals surface area contributed by atoms with Gasteiger partial charge in [0.15, 0.2) is 0 Å². The highest BCUT2D eigenvalue weighted by Gasteiger charge is 2.29. The summed E-state index contributed by atoms with van der Waals surface area (Å²) < 4.78 is 5.42. The van der Waals surface area contributed by atoms with Crippen LogP contribution in [0.3, 0.4) is 0 Å². The lowest BCUT2D eigenvalue weighted by Gasteiger charge is -2.34. The van der Waals surface area contributed by atoms with E-state index in [1.807, 2.05) is 6.07 Å². The maximum absolute atomic E-state index is 12.2. The molecule has 0 bridgehead atoms. The van der Waals surface area contributed by atoms with Gasteiger partial charge in [-0.3, -0.25) is 9.69 Å². The quantitative estimate of drug-likeness (QED) is 0.708. The number of β-amino-alcohol motifs (C(OH)–C–C–N with tert-alkyl or cyclic N) is 1. The molecule has 1 amide bonds. The molecule has 0 unspecified atom stereocenters. The van der Waals surface area contributed by atoms with E-state index in [9.17, 15) is 9.90 Å². The second-order valence-electron chi connectivity index (χ2n) is 5.78. The van der Waals surface area contributed by atoms with Crippen LogP contribution in [0.25, 0.3) is 0 Å². The van der Waals surface area contributed by atoms with Crippen molar-refractivity contribution in [3.8, 4) is 0 Å². The Morgan fingerprint density at radius 1 is 1.55 bits per heavy atom. The fourth-order valence-corrected chi connectivity index (χ4v) is 3.88. The summed E-state index contributed by atoms with van der Waals surface area (Å²) in [5.41, 5.74) is 0. The van der Waals surface area contributed by atoms with E-state index in [1.165, 1.54) is 4.88 Å². The van der Waals surface area contributed by atoms with E-state index in [4.69, 9.17) is 4.74 Å². The largest absolute Gasteiger partial charge is 0.392 e. The minimum atomic E-state index is -0.414. The molecule has 0 saturated carbocycles. The van der Waals surface area contributed by atoms with Crippen LogP contribution in [-0.4, -0.2) is 67.5 Å². The van der Waals surface area contributed by atoms with Crippen molar-refractivity contribution in [2.45, 2.75) is 24.6 Å². The van der Waals surface area contributed by atoms with Crippen LogP contribution in [0.5, 0.6) is 0 Å². The summed E-state index contributed by atoms with van der Waals surface area (Å²) in [6, 6.07) is 4.08. The van der Waals surface area contributed by atoms with Gasteiger partial charge in [0.05, 0.1) is 31.4 Å². The molecule has 22 heavy (non-hydrogen) atoms. The minimum Gasteiger partial charge on any atom is -0.392 e. The summed E-state index contributed by atoms with van der Waals surface area (Å²) in [6.45, 7) is 4.35. The fourth-order valence-electron chi connectivity index (χ4n) is 3.02. The Kier molecular flexibility index (Phi) is 5.43. The van der Waals surface area contributed by atoms with Gasteiger partial charge < -0.3 is 20.5 Å². The molecule has 0 spiro atoms. The lowest BCUT2D eigenvalue weighted by atomic mass is 10.1. The van der Waals surface area contributed by atoms with Crippen molar-refractivity contribution < 1.29 is 14.6 Å². The molecule has 0 aromatic carbocycles. The van der Waals surface area contributed by atoms with Gasteiger partial charge in [-0.05, 0) is 17.9 Å². The minimum absolute atomic E-state index is 0.0219. The molecule has 3 heterocycles. The first-order valence-electron chi connectivity index (χ1n) is 7.78.